The van der Waals surface area contributed by atoms with Gasteiger partial charge in [0.15, 0.2) is 5.79 Å². The minimum atomic E-state index is -7.44. The van der Waals surface area contributed by atoms with Gasteiger partial charge >= 0.3 is 33.4 Å². The smallest absolute Gasteiger partial charge is 0.389 e. The average molecular weight is 763 g/mol. The number of ether oxygens (including phenoxy) is 2. The fourth-order valence-electron chi connectivity index (χ4n) is 11.1. The Kier molecular flexibility index (Phi) is 7.86. The second kappa shape index (κ2) is 10.8. The third-order valence-electron chi connectivity index (χ3n) is 13.4. The molecule has 0 radical (unpaired) electrons. The van der Waals surface area contributed by atoms with Gasteiger partial charge in [-0.3, -0.25) is 4.79 Å². The Morgan fingerprint density at radius 2 is 1.61 bits per heavy atom. The molecule has 2 spiro atoms. The van der Waals surface area contributed by atoms with Gasteiger partial charge in [-0.15, -0.1) is 0 Å². The van der Waals surface area contributed by atoms with E-state index in [4.69, 9.17) is 9.47 Å². The number of aliphatic hydroxyl groups is 1. The van der Waals surface area contributed by atoms with E-state index in [2.05, 4.69) is 4.18 Å². The lowest BCUT2D eigenvalue weighted by atomic mass is 9.37. The van der Waals surface area contributed by atoms with Crippen LogP contribution in [-0.4, -0.2) is 66.2 Å². The van der Waals surface area contributed by atoms with Crippen molar-refractivity contribution in [1.82, 2.24) is 0 Å². The molecule has 0 bridgehead atoms. The summed E-state index contributed by atoms with van der Waals surface area (Å²) >= 11 is 0. The lowest BCUT2D eigenvalue weighted by Gasteiger charge is -2.70. The van der Waals surface area contributed by atoms with Crippen LogP contribution in [0.2, 0.25) is 0 Å². The van der Waals surface area contributed by atoms with Gasteiger partial charge in [0, 0.05) is 30.1 Å². The summed E-state index contributed by atoms with van der Waals surface area (Å²) in [6, 6.07) is 3.14. The van der Waals surface area contributed by atoms with Gasteiger partial charge in [-0.05, 0) is 106 Å². The SMILES string of the molecule is CC1(C)CCOC2(CC[C@@]34Cc5cc(OS(=O)(=O)C(F)(F)C(F)(F)C(F)(F)C(F)(F)F)ccc5C5C[C@]6(C)C(=O)CC[C@H]6[C@H](CCC3(O)C2)C54)O1. The summed E-state index contributed by atoms with van der Waals surface area (Å²) in [6.07, 6.45) is -3.39. The van der Waals surface area contributed by atoms with Crippen LogP contribution in [0.4, 0.5) is 39.5 Å². The topological polar surface area (TPSA) is 99.1 Å². The van der Waals surface area contributed by atoms with E-state index in [1.165, 1.54) is 6.07 Å². The summed E-state index contributed by atoms with van der Waals surface area (Å²) in [6.45, 7) is 6.15. The molecule has 51 heavy (non-hydrogen) atoms. The van der Waals surface area contributed by atoms with Crippen LogP contribution < -0.4 is 4.18 Å². The van der Waals surface area contributed by atoms with E-state index >= 15 is 0 Å². The second-order valence-corrected chi connectivity index (χ2v) is 18.1. The van der Waals surface area contributed by atoms with E-state index < -0.39 is 72.9 Å². The van der Waals surface area contributed by atoms with Crippen molar-refractivity contribution in [1.29, 1.82) is 0 Å². The van der Waals surface area contributed by atoms with Gasteiger partial charge in [-0.25, -0.2) is 0 Å². The first kappa shape index (κ1) is 37.2. The largest absolute Gasteiger partial charge is 0.460 e. The van der Waals surface area contributed by atoms with E-state index in [9.17, 15) is 57.8 Å². The molecule has 286 valence electrons. The molecule has 6 aliphatic rings. The molecule has 8 atom stereocenters. The molecule has 5 fully saturated rings. The van der Waals surface area contributed by atoms with Crippen LogP contribution in [0.15, 0.2) is 18.2 Å². The predicted molar refractivity (Wildman–Crippen MR) is 160 cm³/mol. The van der Waals surface area contributed by atoms with Crippen molar-refractivity contribution in [3.63, 3.8) is 0 Å². The third kappa shape index (κ3) is 4.94. The molecular formula is C34H39F9O7S. The maximum atomic E-state index is 14.6. The number of carbonyl (C=O) groups is 1. The highest BCUT2D eigenvalue weighted by molar-refractivity contribution is 7.88. The summed E-state index contributed by atoms with van der Waals surface area (Å²) in [4.78, 5) is 13.4. The highest BCUT2D eigenvalue weighted by atomic mass is 32.2. The zero-order chi connectivity index (χ0) is 37.6. The Bertz CT molecular complexity index is 1750. The molecule has 4 saturated carbocycles. The number of rotatable bonds is 5. The predicted octanol–water partition coefficient (Wildman–Crippen LogP) is 7.69. The lowest BCUT2D eigenvalue weighted by Crippen LogP contribution is -2.70. The third-order valence-corrected chi connectivity index (χ3v) is 14.6. The van der Waals surface area contributed by atoms with Crippen LogP contribution in [-0.2, 0) is 30.8 Å². The molecule has 17 heteroatoms. The molecule has 1 aromatic carbocycles. The Morgan fingerprint density at radius 3 is 2.25 bits per heavy atom. The Hall–Kier alpha value is -2.11. The quantitative estimate of drug-likeness (QED) is 0.243. The van der Waals surface area contributed by atoms with Crippen LogP contribution in [0.25, 0.3) is 0 Å². The van der Waals surface area contributed by atoms with Gasteiger partial charge in [0.2, 0.25) is 0 Å². The fraction of sp³-hybridized carbons (Fsp3) is 0.794. The number of hydrogen-bond acceptors (Lipinski definition) is 7. The number of hydrogen-bond donors (Lipinski definition) is 1. The summed E-state index contributed by atoms with van der Waals surface area (Å²) in [5.74, 6) is -17.4. The number of fused-ring (bicyclic) bond motifs is 4. The minimum Gasteiger partial charge on any atom is -0.389 e. The lowest BCUT2D eigenvalue weighted by molar-refractivity contribution is -0.382. The van der Waals surface area contributed by atoms with Gasteiger partial charge in [0.05, 0.1) is 17.8 Å². The molecule has 1 N–H and O–H groups in total. The molecular weight excluding hydrogens is 723 g/mol. The maximum Gasteiger partial charge on any atom is 0.460 e. The van der Waals surface area contributed by atoms with Crippen LogP contribution in [0.5, 0.6) is 5.75 Å². The first-order valence-corrected chi connectivity index (χ1v) is 18.5. The first-order chi connectivity index (χ1) is 23.2. The molecule has 1 heterocycles. The summed E-state index contributed by atoms with van der Waals surface area (Å²) in [7, 11) is -7.17. The van der Waals surface area contributed by atoms with Gasteiger partial charge < -0.3 is 18.8 Å². The average Bonchev–Trinajstić information content (AvgIpc) is 3.29. The molecule has 0 amide bonds. The van der Waals surface area contributed by atoms with E-state index in [-0.39, 0.29) is 41.9 Å². The molecule has 1 aliphatic heterocycles. The number of Topliss-reactive ketones (excluding diaryl/α,β-unsaturated/α-hetero) is 1. The van der Waals surface area contributed by atoms with Gasteiger partial charge in [0.1, 0.15) is 11.5 Å². The Labute approximate surface area is 288 Å². The number of carbonyl (C=O) groups excluding carboxylic acids is 1. The highest BCUT2D eigenvalue weighted by Crippen LogP contribution is 2.74. The van der Waals surface area contributed by atoms with E-state index in [1.807, 2.05) is 20.8 Å². The van der Waals surface area contributed by atoms with Crippen LogP contribution in [0, 0.1) is 28.6 Å². The molecule has 1 aromatic rings. The van der Waals surface area contributed by atoms with Gasteiger partial charge in [-0.1, -0.05) is 13.0 Å². The summed E-state index contributed by atoms with van der Waals surface area (Å²) < 4.78 is 164. The minimum absolute atomic E-state index is 0.0137. The van der Waals surface area contributed by atoms with E-state index in [0.29, 0.717) is 63.5 Å². The monoisotopic (exact) mass is 762 g/mol. The highest BCUT2D eigenvalue weighted by Gasteiger charge is 2.86. The van der Waals surface area contributed by atoms with Crippen LogP contribution in [0.3, 0.4) is 0 Å². The van der Waals surface area contributed by atoms with Gasteiger partial charge in [-0.2, -0.15) is 47.9 Å². The van der Waals surface area contributed by atoms with Crippen molar-refractivity contribution in [3.8, 4) is 5.75 Å². The second-order valence-electron chi connectivity index (χ2n) is 16.5. The number of ketones is 1. The Morgan fingerprint density at radius 1 is 0.922 bits per heavy atom. The zero-order valence-corrected chi connectivity index (χ0v) is 28.8. The number of benzene rings is 1. The van der Waals surface area contributed by atoms with Crippen molar-refractivity contribution in [2.45, 2.75) is 131 Å². The number of halogens is 9. The van der Waals surface area contributed by atoms with Crippen molar-refractivity contribution in [3.05, 3.63) is 29.3 Å². The molecule has 7 nitrogen and oxygen atoms in total. The zero-order valence-electron chi connectivity index (χ0n) is 28.0. The first-order valence-electron chi connectivity index (χ1n) is 17.1. The molecule has 0 aromatic heterocycles. The van der Waals surface area contributed by atoms with Crippen molar-refractivity contribution < 1.29 is 71.5 Å². The van der Waals surface area contributed by atoms with Crippen LogP contribution >= 0.6 is 0 Å². The molecule has 7 rings (SSSR count). The summed E-state index contributed by atoms with van der Waals surface area (Å²) in [5, 5.41) is 5.78. The van der Waals surface area contributed by atoms with Crippen molar-refractivity contribution in [2.24, 2.45) is 28.6 Å². The Balaban J connectivity index is 1.29. The fourth-order valence-corrected chi connectivity index (χ4v) is 12.0. The van der Waals surface area contributed by atoms with E-state index in [1.54, 1.807) is 0 Å². The molecule has 5 aliphatic carbocycles. The van der Waals surface area contributed by atoms with Gasteiger partial charge in [0.25, 0.3) is 0 Å². The van der Waals surface area contributed by atoms with Crippen LogP contribution in [0.1, 0.15) is 95.6 Å². The molecule has 1 saturated heterocycles. The normalized spacial score (nSPS) is 39.5. The maximum absolute atomic E-state index is 14.6. The number of alkyl halides is 9. The standard InChI is InChI=1S/C34H39F9O7S/c1-26(2)12-13-48-30(50-26)11-10-28-15-18-14-19(49-51(46,47)34(42,43)32(37,38)31(35,36)33(39,40)41)4-5-20(18)22-16-27(3)23(6-7-24(27)44)21(25(22)28)8-9-29(28,45)17-30/h4-5,14,21-23,25,45H,6-13,15-17H2,1-3H3/t21-,22?,23-,25?,27-,28-,29?,30?/m0/s1. The van der Waals surface area contributed by atoms with Crippen molar-refractivity contribution >= 4 is 15.9 Å². The molecule has 4 unspecified atom stereocenters. The van der Waals surface area contributed by atoms with E-state index in [0.717, 1.165) is 12.1 Å². The van der Waals surface area contributed by atoms with Crippen molar-refractivity contribution in [2.75, 3.05) is 6.61 Å². The summed E-state index contributed by atoms with van der Waals surface area (Å²) in [5.41, 5.74) is -2.74.